The van der Waals surface area contributed by atoms with Gasteiger partial charge in [-0.2, -0.15) is 5.10 Å². The Morgan fingerprint density at radius 2 is 1.79 bits per heavy atom. The molecule has 4 heterocycles. The maximum Gasteiger partial charge on any atom is 0.156 e. The van der Waals surface area contributed by atoms with Gasteiger partial charge in [0.2, 0.25) is 0 Å². The number of hydrogen-bond acceptors (Lipinski definition) is 7. The zero-order valence-electron chi connectivity index (χ0n) is 16.1. The molecule has 1 aliphatic rings. The van der Waals surface area contributed by atoms with E-state index in [0.717, 1.165) is 54.9 Å². The molecular formula is C20H24N8. The number of hydrogen-bond donors (Lipinski definition) is 2. The summed E-state index contributed by atoms with van der Waals surface area (Å²) < 4.78 is 0. The zero-order valence-corrected chi connectivity index (χ0v) is 16.1. The highest BCUT2D eigenvalue weighted by molar-refractivity contribution is 5.68. The van der Waals surface area contributed by atoms with Gasteiger partial charge in [0.1, 0.15) is 11.6 Å². The lowest BCUT2D eigenvalue weighted by Gasteiger charge is -2.33. The third-order valence-electron chi connectivity index (χ3n) is 4.65. The summed E-state index contributed by atoms with van der Waals surface area (Å²) in [7, 11) is 2.15. The van der Waals surface area contributed by atoms with Gasteiger partial charge in [-0.1, -0.05) is 6.08 Å². The molecule has 8 nitrogen and oxygen atoms in total. The summed E-state index contributed by atoms with van der Waals surface area (Å²) in [4.78, 5) is 18.1. The monoisotopic (exact) mass is 376 g/mol. The van der Waals surface area contributed by atoms with E-state index < -0.39 is 0 Å². The number of likely N-dealkylation sites (N-methyl/N-ethyl adjacent to an activating group) is 1. The average molecular weight is 376 g/mol. The molecule has 144 valence electrons. The van der Waals surface area contributed by atoms with Gasteiger partial charge < -0.3 is 15.1 Å². The van der Waals surface area contributed by atoms with Crippen LogP contribution in [0.15, 0.2) is 36.7 Å². The molecular weight excluding hydrogens is 352 g/mol. The number of nitrogens with zero attached hydrogens (tertiary/aromatic N) is 6. The summed E-state index contributed by atoms with van der Waals surface area (Å²) in [5.74, 6) is 3.05. The smallest absolute Gasteiger partial charge is 0.156 e. The first-order chi connectivity index (χ1) is 13.7. The highest BCUT2D eigenvalue weighted by Gasteiger charge is 2.17. The van der Waals surface area contributed by atoms with Crippen molar-refractivity contribution in [2.45, 2.75) is 6.92 Å². The van der Waals surface area contributed by atoms with E-state index in [9.17, 15) is 0 Å². The summed E-state index contributed by atoms with van der Waals surface area (Å²) in [5, 5.41) is 10.5. The molecule has 3 aromatic rings. The first-order valence-electron chi connectivity index (χ1n) is 9.35. The zero-order chi connectivity index (χ0) is 19.3. The summed E-state index contributed by atoms with van der Waals surface area (Å²) in [6.45, 7) is 5.90. The van der Waals surface area contributed by atoms with Crippen molar-refractivity contribution in [2.75, 3.05) is 43.4 Å². The fourth-order valence-electron chi connectivity index (χ4n) is 3.05. The quantitative estimate of drug-likeness (QED) is 0.708. The second-order valence-electron chi connectivity index (χ2n) is 6.93. The van der Waals surface area contributed by atoms with Gasteiger partial charge in [-0.15, -0.1) is 0 Å². The van der Waals surface area contributed by atoms with E-state index in [-0.39, 0.29) is 0 Å². The van der Waals surface area contributed by atoms with Crippen molar-refractivity contribution in [1.82, 2.24) is 30.0 Å². The molecule has 8 heteroatoms. The third-order valence-corrected chi connectivity index (χ3v) is 4.65. The normalized spacial score (nSPS) is 15.3. The van der Waals surface area contributed by atoms with Gasteiger partial charge in [-0.3, -0.25) is 10.1 Å². The Hall–Kier alpha value is -3.26. The van der Waals surface area contributed by atoms with Gasteiger partial charge in [0.05, 0.1) is 0 Å². The molecule has 0 amide bonds. The number of aromatic nitrogens is 5. The summed E-state index contributed by atoms with van der Waals surface area (Å²) in [5.41, 5.74) is 2.05. The molecule has 1 fully saturated rings. The molecule has 2 N–H and O–H groups in total. The van der Waals surface area contributed by atoms with Gasteiger partial charge in [0, 0.05) is 56.4 Å². The third kappa shape index (κ3) is 4.52. The predicted molar refractivity (Wildman–Crippen MR) is 112 cm³/mol. The van der Waals surface area contributed by atoms with Crippen LogP contribution in [0, 0.1) is 6.92 Å². The molecule has 0 radical (unpaired) electrons. The molecule has 0 spiro atoms. The van der Waals surface area contributed by atoms with Gasteiger partial charge in [-0.05, 0) is 37.7 Å². The van der Waals surface area contributed by atoms with Crippen LogP contribution >= 0.6 is 0 Å². The molecule has 4 rings (SSSR count). The van der Waals surface area contributed by atoms with Crippen molar-refractivity contribution in [3.63, 3.8) is 0 Å². The van der Waals surface area contributed by atoms with E-state index in [1.54, 1.807) is 12.4 Å². The number of pyridine rings is 1. The van der Waals surface area contributed by atoms with Crippen molar-refractivity contribution in [2.24, 2.45) is 0 Å². The van der Waals surface area contributed by atoms with Gasteiger partial charge >= 0.3 is 0 Å². The predicted octanol–water partition coefficient (Wildman–Crippen LogP) is 2.57. The van der Waals surface area contributed by atoms with E-state index >= 15 is 0 Å². The minimum Gasteiger partial charge on any atom is -0.354 e. The van der Waals surface area contributed by atoms with Crippen molar-refractivity contribution >= 4 is 29.6 Å². The van der Waals surface area contributed by atoms with Crippen molar-refractivity contribution < 1.29 is 0 Å². The molecule has 0 unspecified atom stereocenters. The molecule has 0 saturated carbocycles. The highest BCUT2D eigenvalue weighted by atomic mass is 15.3. The molecule has 0 atom stereocenters. The van der Waals surface area contributed by atoms with E-state index in [0.29, 0.717) is 5.82 Å². The number of aromatic amines is 1. The molecule has 0 aliphatic carbocycles. The average Bonchev–Trinajstić information content (AvgIpc) is 3.12. The van der Waals surface area contributed by atoms with Gasteiger partial charge in [0.25, 0.3) is 0 Å². The molecule has 0 aromatic carbocycles. The fourth-order valence-corrected chi connectivity index (χ4v) is 3.05. The number of piperazine rings is 1. The van der Waals surface area contributed by atoms with Crippen LogP contribution in [0.1, 0.15) is 17.1 Å². The molecule has 28 heavy (non-hydrogen) atoms. The number of rotatable bonds is 5. The van der Waals surface area contributed by atoms with E-state index in [1.165, 1.54) is 0 Å². The molecule has 1 aliphatic heterocycles. The van der Waals surface area contributed by atoms with Gasteiger partial charge in [0.15, 0.2) is 11.6 Å². The fraction of sp³-hybridized carbons (Fsp3) is 0.300. The number of aryl methyl sites for hydroxylation is 1. The summed E-state index contributed by atoms with van der Waals surface area (Å²) in [6.07, 6.45) is 7.46. The Morgan fingerprint density at radius 3 is 2.50 bits per heavy atom. The first kappa shape index (κ1) is 18.1. The minimum absolute atomic E-state index is 0.656. The SMILES string of the molecule is Cc1cc(Nc2cc(N3CCN(C)CC3)nc(C=Cc3ccncc3)n2)n[nH]1. The maximum atomic E-state index is 4.77. The van der Waals surface area contributed by atoms with Crippen molar-refractivity contribution in [1.29, 1.82) is 0 Å². The Labute approximate surface area is 164 Å². The first-order valence-corrected chi connectivity index (χ1v) is 9.35. The summed E-state index contributed by atoms with van der Waals surface area (Å²) >= 11 is 0. The van der Waals surface area contributed by atoms with E-state index in [2.05, 4.69) is 42.3 Å². The lowest BCUT2D eigenvalue weighted by atomic mass is 10.2. The van der Waals surface area contributed by atoms with E-state index in [1.807, 2.05) is 43.3 Å². The van der Waals surface area contributed by atoms with E-state index in [4.69, 9.17) is 4.98 Å². The topological polar surface area (TPSA) is 85.9 Å². The summed E-state index contributed by atoms with van der Waals surface area (Å²) in [6, 6.07) is 7.84. The van der Waals surface area contributed by atoms with Crippen LogP contribution in [0.25, 0.3) is 12.2 Å². The number of nitrogens with one attached hydrogen (secondary N) is 2. The van der Waals surface area contributed by atoms with Crippen LogP contribution in [0.4, 0.5) is 17.5 Å². The Morgan fingerprint density at radius 1 is 1.00 bits per heavy atom. The highest BCUT2D eigenvalue weighted by Crippen LogP contribution is 2.21. The number of H-pyrrole nitrogens is 1. The Kier molecular flexibility index (Phi) is 5.29. The van der Waals surface area contributed by atoms with Crippen LogP contribution in [-0.2, 0) is 0 Å². The maximum absolute atomic E-state index is 4.77. The van der Waals surface area contributed by atoms with Crippen LogP contribution in [0.2, 0.25) is 0 Å². The van der Waals surface area contributed by atoms with Crippen LogP contribution in [0.3, 0.4) is 0 Å². The van der Waals surface area contributed by atoms with Crippen LogP contribution in [0.5, 0.6) is 0 Å². The minimum atomic E-state index is 0.656. The van der Waals surface area contributed by atoms with Crippen molar-refractivity contribution in [3.05, 3.63) is 53.7 Å². The Bertz CT molecular complexity index is 942. The van der Waals surface area contributed by atoms with Crippen molar-refractivity contribution in [3.8, 4) is 0 Å². The Balaban J connectivity index is 1.62. The molecule has 1 saturated heterocycles. The lowest BCUT2D eigenvalue weighted by Crippen LogP contribution is -2.44. The standard InChI is InChI=1S/C20H24N8/c1-15-13-19(26-25-15)23-18-14-20(28-11-9-27(2)10-12-28)24-17(22-18)4-3-16-5-7-21-8-6-16/h3-8,13-14H,9-12H2,1-2H3,(H2,22,23,24,25,26). The molecule has 3 aromatic heterocycles. The van der Waals surface area contributed by atoms with Crippen LogP contribution < -0.4 is 10.2 Å². The van der Waals surface area contributed by atoms with Gasteiger partial charge in [-0.25, -0.2) is 9.97 Å². The molecule has 0 bridgehead atoms. The number of anilines is 3. The second-order valence-corrected chi connectivity index (χ2v) is 6.93. The largest absolute Gasteiger partial charge is 0.354 e. The lowest BCUT2D eigenvalue weighted by molar-refractivity contribution is 0.312. The second kappa shape index (κ2) is 8.18. The van der Waals surface area contributed by atoms with Crippen LogP contribution in [-0.4, -0.2) is 63.3 Å².